The minimum absolute atomic E-state index is 0.347. The molecule has 0 saturated heterocycles. The molecule has 0 fully saturated rings. The number of benzene rings is 2. The van der Waals surface area contributed by atoms with Gasteiger partial charge in [-0.15, -0.1) is 0 Å². The molecular weight excluding hydrogens is 310 g/mol. The van der Waals surface area contributed by atoms with Crippen LogP contribution in [-0.2, 0) is 6.42 Å². The minimum Gasteiger partial charge on any atom is -0.253 e. The van der Waals surface area contributed by atoms with E-state index in [1.165, 1.54) is 16.5 Å². The van der Waals surface area contributed by atoms with Gasteiger partial charge in [-0.05, 0) is 64.0 Å². The van der Waals surface area contributed by atoms with Gasteiger partial charge in [-0.25, -0.2) is 4.63 Å². The second-order valence-electron chi connectivity index (χ2n) is 6.99. The zero-order valence-electron chi connectivity index (χ0n) is 14.7. The van der Waals surface area contributed by atoms with Crippen LogP contribution in [0.4, 0.5) is 0 Å². The van der Waals surface area contributed by atoms with Crippen LogP contribution in [0.25, 0.3) is 21.9 Å². The first kappa shape index (κ1) is 15.8. The van der Waals surface area contributed by atoms with E-state index in [9.17, 15) is 0 Å². The van der Waals surface area contributed by atoms with Crippen molar-refractivity contribution in [3.8, 4) is 0 Å². The van der Waals surface area contributed by atoms with Crippen molar-refractivity contribution < 1.29 is 4.63 Å². The van der Waals surface area contributed by atoms with Crippen molar-refractivity contribution in [2.75, 3.05) is 0 Å². The monoisotopic (exact) mass is 331 g/mol. The van der Waals surface area contributed by atoms with Crippen LogP contribution >= 0.6 is 0 Å². The van der Waals surface area contributed by atoms with E-state index in [1.807, 2.05) is 6.07 Å². The van der Waals surface area contributed by atoms with E-state index in [4.69, 9.17) is 9.61 Å². The van der Waals surface area contributed by atoms with E-state index in [0.29, 0.717) is 11.8 Å². The van der Waals surface area contributed by atoms with Crippen molar-refractivity contribution >= 4 is 21.9 Å². The van der Waals surface area contributed by atoms with Crippen molar-refractivity contribution in [1.82, 2.24) is 15.3 Å². The summed E-state index contributed by atoms with van der Waals surface area (Å²) in [5.41, 5.74) is 6.36. The normalized spacial score (nSPS) is 13.0. The Bertz CT molecular complexity index is 1040. The molecule has 1 unspecified atom stereocenters. The van der Waals surface area contributed by atoms with Gasteiger partial charge in [0.1, 0.15) is 11.0 Å². The van der Waals surface area contributed by atoms with Gasteiger partial charge in [0.2, 0.25) is 0 Å². The van der Waals surface area contributed by atoms with Gasteiger partial charge in [0, 0.05) is 11.1 Å². The molecule has 0 amide bonds. The Morgan fingerprint density at radius 3 is 2.56 bits per heavy atom. The Morgan fingerprint density at radius 2 is 1.72 bits per heavy atom. The predicted octanol–water partition coefficient (Wildman–Crippen LogP) is 5.24. The quantitative estimate of drug-likeness (QED) is 0.513. The van der Waals surface area contributed by atoms with Gasteiger partial charge < -0.3 is 0 Å². The summed E-state index contributed by atoms with van der Waals surface area (Å²) < 4.78 is 4.78. The number of hydrogen-bond donors (Lipinski definition) is 0. The molecule has 4 rings (SSSR count). The summed E-state index contributed by atoms with van der Waals surface area (Å²) in [6.07, 6.45) is 0.888. The summed E-state index contributed by atoms with van der Waals surface area (Å²) in [5.74, 6) is 0.845. The van der Waals surface area contributed by atoms with Crippen LogP contribution < -0.4 is 0 Å². The maximum atomic E-state index is 4.89. The van der Waals surface area contributed by atoms with Gasteiger partial charge in [0.15, 0.2) is 0 Å². The molecule has 0 spiro atoms. The molecule has 0 aliphatic rings. The molecule has 0 N–H and O–H groups in total. The lowest BCUT2D eigenvalue weighted by Gasteiger charge is -2.13. The Morgan fingerprint density at radius 1 is 0.880 bits per heavy atom. The number of rotatable bonds is 4. The predicted molar refractivity (Wildman–Crippen MR) is 99.8 cm³/mol. The van der Waals surface area contributed by atoms with Crippen molar-refractivity contribution in [2.24, 2.45) is 0 Å². The average molecular weight is 331 g/mol. The van der Waals surface area contributed by atoms with Gasteiger partial charge in [-0.2, -0.15) is 0 Å². The second kappa shape index (κ2) is 6.28. The molecule has 0 bridgehead atoms. The number of hydrogen-bond acceptors (Lipinski definition) is 4. The fourth-order valence-corrected chi connectivity index (χ4v) is 3.38. The molecule has 4 aromatic rings. The van der Waals surface area contributed by atoms with Crippen LogP contribution in [0.5, 0.6) is 0 Å². The summed E-state index contributed by atoms with van der Waals surface area (Å²) in [4.78, 5) is 4.89. The van der Waals surface area contributed by atoms with Crippen LogP contribution in [0.1, 0.15) is 49.4 Å². The van der Waals surface area contributed by atoms with Crippen molar-refractivity contribution in [1.29, 1.82) is 0 Å². The fraction of sp³-hybridized carbons (Fsp3) is 0.286. The topological polar surface area (TPSA) is 51.8 Å². The van der Waals surface area contributed by atoms with E-state index >= 15 is 0 Å². The molecular formula is C21H21N3O. The first-order chi connectivity index (χ1) is 12.1. The molecule has 0 aliphatic carbocycles. The lowest BCUT2D eigenvalue weighted by atomic mass is 9.94. The molecule has 0 saturated carbocycles. The van der Waals surface area contributed by atoms with Gasteiger partial charge in [-0.1, -0.05) is 45.0 Å². The second-order valence-corrected chi connectivity index (χ2v) is 6.99. The van der Waals surface area contributed by atoms with Crippen LogP contribution in [0.2, 0.25) is 0 Å². The van der Waals surface area contributed by atoms with Crippen LogP contribution in [0.15, 0.2) is 53.2 Å². The maximum absolute atomic E-state index is 4.89. The summed E-state index contributed by atoms with van der Waals surface area (Å²) in [7, 11) is 0. The highest BCUT2D eigenvalue weighted by atomic mass is 16.6. The largest absolute Gasteiger partial charge is 0.253 e. The summed E-state index contributed by atoms with van der Waals surface area (Å²) >= 11 is 0. The summed E-state index contributed by atoms with van der Waals surface area (Å²) in [6.45, 7) is 6.66. The highest BCUT2D eigenvalue weighted by molar-refractivity contribution is 5.82. The summed E-state index contributed by atoms with van der Waals surface area (Å²) in [6, 6.07) is 16.9. The zero-order chi connectivity index (χ0) is 17.4. The van der Waals surface area contributed by atoms with Gasteiger partial charge in [0.05, 0.1) is 5.52 Å². The van der Waals surface area contributed by atoms with Gasteiger partial charge in [0.25, 0.3) is 0 Å². The Hall–Kier alpha value is -2.75. The minimum atomic E-state index is 0.347. The molecule has 2 aromatic carbocycles. The van der Waals surface area contributed by atoms with E-state index in [-0.39, 0.29) is 0 Å². The highest BCUT2D eigenvalue weighted by Gasteiger charge is 2.12. The maximum Gasteiger partial charge on any atom is 0.135 e. The molecule has 1 atom stereocenters. The third-order valence-electron chi connectivity index (χ3n) is 4.81. The zero-order valence-corrected chi connectivity index (χ0v) is 14.7. The van der Waals surface area contributed by atoms with Crippen molar-refractivity contribution in [3.05, 3.63) is 65.4 Å². The lowest BCUT2D eigenvalue weighted by molar-refractivity contribution is 0.315. The molecule has 0 radical (unpaired) electrons. The third kappa shape index (κ3) is 3.00. The van der Waals surface area contributed by atoms with E-state index in [1.54, 1.807) is 0 Å². The van der Waals surface area contributed by atoms with Crippen molar-refractivity contribution in [3.63, 3.8) is 0 Å². The summed E-state index contributed by atoms with van der Waals surface area (Å²) in [5, 5.41) is 9.05. The smallest absolute Gasteiger partial charge is 0.135 e. The number of aromatic nitrogens is 3. The number of nitrogens with zero attached hydrogens (tertiary/aromatic N) is 3. The van der Waals surface area contributed by atoms with E-state index in [0.717, 1.165) is 28.7 Å². The van der Waals surface area contributed by atoms with E-state index in [2.05, 4.69) is 73.5 Å². The SMILES string of the molecule is CC(C)c1cccc2nc(CC(C)c3ccc4nonc4c3)ccc12. The molecule has 2 aromatic heterocycles. The van der Waals surface area contributed by atoms with Gasteiger partial charge >= 0.3 is 0 Å². The fourth-order valence-electron chi connectivity index (χ4n) is 3.38. The van der Waals surface area contributed by atoms with Crippen LogP contribution in [-0.4, -0.2) is 15.3 Å². The average Bonchev–Trinajstić information content (AvgIpc) is 3.08. The number of fused-ring (bicyclic) bond motifs is 2. The Labute approximate surface area is 146 Å². The molecule has 0 aliphatic heterocycles. The molecule has 4 nitrogen and oxygen atoms in total. The van der Waals surface area contributed by atoms with Crippen molar-refractivity contribution in [2.45, 2.75) is 39.0 Å². The molecule has 25 heavy (non-hydrogen) atoms. The molecule has 4 heteroatoms. The van der Waals surface area contributed by atoms with Crippen LogP contribution in [0.3, 0.4) is 0 Å². The van der Waals surface area contributed by atoms with Gasteiger partial charge in [-0.3, -0.25) is 4.98 Å². The van der Waals surface area contributed by atoms with Crippen LogP contribution in [0, 0.1) is 0 Å². The van der Waals surface area contributed by atoms with E-state index < -0.39 is 0 Å². The highest BCUT2D eigenvalue weighted by Crippen LogP contribution is 2.27. The Kier molecular flexibility index (Phi) is 3.96. The standard InChI is InChI=1S/C21H21N3O/c1-13(2)17-5-4-6-19-18(17)9-8-16(22-19)11-14(3)15-7-10-20-21(12-15)24-25-23-20/h4-10,12-14H,11H2,1-3H3. The third-order valence-corrected chi connectivity index (χ3v) is 4.81. The molecule has 2 heterocycles. The first-order valence-corrected chi connectivity index (χ1v) is 8.72. The lowest BCUT2D eigenvalue weighted by Crippen LogP contribution is -2.01. The number of pyridine rings is 1. The Balaban J connectivity index is 1.63. The first-order valence-electron chi connectivity index (χ1n) is 8.72. The molecule has 126 valence electrons.